The molecule has 0 radical (unpaired) electrons. The monoisotopic (exact) mass is 302 g/mol. The minimum absolute atomic E-state index is 0.0422. The molecule has 0 atom stereocenters. The van der Waals surface area contributed by atoms with Gasteiger partial charge in [0.15, 0.2) is 0 Å². The molecule has 0 aliphatic rings. The van der Waals surface area contributed by atoms with E-state index < -0.39 is 0 Å². The number of hydrogen-bond donors (Lipinski definition) is 1. The molecule has 3 nitrogen and oxygen atoms in total. The summed E-state index contributed by atoms with van der Waals surface area (Å²) < 4.78 is 0. The second kappa shape index (κ2) is 7.36. The summed E-state index contributed by atoms with van der Waals surface area (Å²) in [5.41, 5.74) is 3.25. The summed E-state index contributed by atoms with van der Waals surface area (Å²) in [6, 6.07) is 8.00. The first kappa shape index (κ1) is 15.7. The summed E-state index contributed by atoms with van der Waals surface area (Å²) in [5, 5.41) is 6.05. The Morgan fingerprint density at radius 1 is 1.29 bits per heavy atom. The fraction of sp³-hybridized carbons (Fsp3) is 0.412. The lowest BCUT2D eigenvalue weighted by Gasteiger charge is -2.05. The highest BCUT2D eigenvalue weighted by molar-refractivity contribution is 7.09. The average molecular weight is 302 g/mol. The van der Waals surface area contributed by atoms with Crippen molar-refractivity contribution in [1.82, 2.24) is 4.98 Å². The van der Waals surface area contributed by atoms with Crippen molar-refractivity contribution in [2.24, 2.45) is 0 Å². The number of carbonyl (C=O) groups is 1. The number of amides is 1. The topological polar surface area (TPSA) is 42.0 Å². The number of rotatable bonds is 6. The summed E-state index contributed by atoms with van der Waals surface area (Å²) in [7, 11) is 0. The van der Waals surface area contributed by atoms with Crippen LogP contribution in [0.4, 0.5) is 5.69 Å². The summed E-state index contributed by atoms with van der Waals surface area (Å²) in [6.07, 6.45) is 2.19. The molecule has 0 spiro atoms. The highest BCUT2D eigenvalue weighted by Gasteiger charge is 2.08. The van der Waals surface area contributed by atoms with Crippen LogP contribution in [0.1, 0.15) is 49.4 Å². The van der Waals surface area contributed by atoms with Crippen LogP contribution in [-0.2, 0) is 17.6 Å². The van der Waals surface area contributed by atoms with Gasteiger partial charge in [0.2, 0.25) is 5.91 Å². The van der Waals surface area contributed by atoms with Crippen LogP contribution in [0, 0.1) is 0 Å². The smallest absolute Gasteiger partial charge is 0.224 e. The van der Waals surface area contributed by atoms with E-state index in [1.54, 1.807) is 11.3 Å². The van der Waals surface area contributed by atoms with E-state index in [0.717, 1.165) is 22.8 Å². The molecule has 4 heteroatoms. The van der Waals surface area contributed by atoms with Gasteiger partial charge >= 0.3 is 0 Å². The summed E-state index contributed by atoms with van der Waals surface area (Å²) >= 11 is 1.64. The molecule has 1 N–H and O–H groups in total. The van der Waals surface area contributed by atoms with E-state index >= 15 is 0 Å². The molecule has 1 heterocycles. The van der Waals surface area contributed by atoms with Gasteiger partial charge in [-0.15, -0.1) is 11.3 Å². The zero-order valence-corrected chi connectivity index (χ0v) is 13.7. The van der Waals surface area contributed by atoms with Crippen molar-refractivity contribution in [3.8, 4) is 0 Å². The first-order valence-corrected chi connectivity index (χ1v) is 8.29. The molecule has 112 valence electrons. The second-order valence-electron chi connectivity index (χ2n) is 5.42. The Morgan fingerprint density at radius 2 is 2.00 bits per heavy atom. The molecule has 1 aromatic carbocycles. The van der Waals surface area contributed by atoms with Crippen molar-refractivity contribution >= 4 is 22.9 Å². The maximum absolute atomic E-state index is 11.9. The van der Waals surface area contributed by atoms with Crippen LogP contribution in [0.15, 0.2) is 29.6 Å². The van der Waals surface area contributed by atoms with E-state index in [4.69, 9.17) is 0 Å². The van der Waals surface area contributed by atoms with Gasteiger partial charge in [0, 0.05) is 23.9 Å². The summed E-state index contributed by atoms with van der Waals surface area (Å²) in [5.74, 6) is 0.487. The normalized spacial score (nSPS) is 10.9. The molecule has 1 amide bonds. The Balaban J connectivity index is 1.83. The van der Waals surface area contributed by atoms with Crippen molar-refractivity contribution in [3.05, 3.63) is 45.9 Å². The Bertz CT molecular complexity index is 587. The molecule has 0 saturated carbocycles. The molecular formula is C17H22N2OS. The molecule has 21 heavy (non-hydrogen) atoms. The summed E-state index contributed by atoms with van der Waals surface area (Å²) in [4.78, 5) is 16.5. The molecule has 0 fully saturated rings. The first-order valence-electron chi connectivity index (χ1n) is 7.41. The zero-order valence-electron chi connectivity index (χ0n) is 12.8. The number of thiazole rings is 1. The van der Waals surface area contributed by atoms with Gasteiger partial charge in [0.25, 0.3) is 0 Å². The average Bonchev–Trinajstić information content (AvgIpc) is 2.95. The van der Waals surface area contributed by atoms with Crippen LogP contribution in [0.3, 0.4) is 0 Å². The van der Waals surface area contributed by atoms with Gasteiger partial charge in [-0.05, 0) is 30.0 Å². The molecule has 0 unspecified atom stereocenters. The Kier molecular flexibility index (Phi) is 5.51. The number of aromatic nitrogens is 1. The van der Waals surface area contributed by atoms with Crippen molar-refractivity contribution in [2.45, 2.75) is 46.0 Å². The molecule has 1 aromatic heterocycles. The molecule has 0 aliphatic heterocycles. The van der Waals surface area contributed by atoms with Gasteiger partial charge in [0.05, 0.1) is 10.7 Å². The van der Waals surface area contributed by atoms with Crippen molar-refractivity contribution in [1.29, 1.82) is 0 Å². The third kappa shape index (κ3) is 4.67. The van der Waals surface area contributed by atoms with Crippen LogP contribution in [-0.4, -0.2) is 10.9 Å². The minimum atomic E-state index is 0.0422. The van der Waals surface area contributed by atoms with Gasteiger partial charge in [-0.1, -0.05) is 32.9 Å². The third-order valence-corrected chi connectivity index (χ3v) is 4.30. The molecular weight excluding hydrogens is 280 g/mol. The van der Waals surface area contributed by atoms with Gasteiger partial charge in [0.1, 0.15) is 0 Å². The number of nitrogens with zero attached hydrogens (tertiary/aromatic N) is 1. The molecule has 2 rings (SSSR count). The number of hydrogen-bond acceptors (Lipinski definition) is 3. The van der Waals surface area contributed by atoms with Gasteiger partial charge in [-0.25, -0.2) is 4.98 Å². The molecule has 0 saturated heterocycles. The Labute approximate surface area is 130 Å². The summed E-state index contributed by atoms with van der Waals surface area (Å²) in [6.45, 7) is 6.38. The maximum atomic E-state index is 11.9. The molecule has 2 aromatic rings. The van der Waals surface area contributed by atoms with E-state index in [9.17, 15) is 4.79 Å². The standard InChI is InChI=1S/C17H22N2OS/c1-4-13-5-7-14(8-6-13)18-16(20)9-10-17-19-15(11-21-17)12(2)3/h5-8,11-12H,4,9-10H2,1-3H3,(H,18,20). The lowest BCUT2D eigenvalue weighted by atomic mass is 10.1. The highest BCUT2D eigenvalue weighted by Crippen LogP contribution is 2.19. The van der Waals surface area contributed by atoms with E-state index in [-0.39, 0.29) is 5.91 Å². The number of nitrogens with one attached hydrogen (secondary N) is 1. The fourth-order valence-corrected chi connectivity index (χ4v) is 2.93. The fourth-order valence-electron chi connectivity index (χ4n) is 1.97. The van der Waals surface area contributed by atoms with E-state index in [1.165, 1.54) is 5.56 Å². The lowest BCUT2D eigenvalue weighted by molar-refractivity contribution is -0.116. The van der Waals surface area contributed by atoms with Crippen LogP contribution < -0.4 is 5.32 Å². The largest absolute Gasteiger partial charge is 0.326 e. The van der Waals surface area contributed by atoms with E-state index in [1.807, 2.05) is 24.3 Å². The van der Waals surface area contributed by atoms with Crippen molar-refractivity contribution in [2.75, 3.05) is 5.32 Å². The quantitative estimate of drug-likeness (QED) is 0.859. The zero-order chi connectivity index (χ0) is 15.2. The van der Waals surface area contributed by atoms with Gasteiger partial charge in [-0.2, -0.15) is 0 Å². The van der Waals surface area contributed by atoms with Crippen LogP contribution >= 0.6 is 11.3 Å². The number of carbonyl (C=O) groups excluding carboxylic acids is 1. The van der Waals surface area contributed by atoms with Crippen LogP contribution in [0.2, 0.25) is 0 Å². The number of benzene rings is 1. The second-order valence-corrected chi connectivity index (χ2v) is 6.36. The molecule has 0 bridgehead atoms. The van der Waals surface area contributed by atoms with Crippen LogP contribution in [0.25, 0.3) is 0 Å². The Hall–Kier alpha value is -1.68. The SMILES string of the molecule is CCc1ccc(NC(=O)CCc2nc(C(C)C)cs2)cc1. The van der Waals surface area contributed by atoms with Crippen molar-refractivity contribution in [3.63, 3.8) is 0 Å². The maximum Gasteiger partial charge on any atom is 0.224 e. The third-order valence-electron chi connectivity index (χ3n) is 3.37. The predicted octanol–water partition coefficient (Wildman–Crippen LogP) is 4.40. The Morgan fingerprint density at radius 3 is 2.57 bits per heavy atom. The molecule has 0 aliphatic carbocycles. The van der Waals surface area contributed by atoms with E-state index in [0.29, 0.717) is 18.8 Å². The van der Waals surface area contributed by atoms with Crippen molar-refractivity contribution < 1.29 is 4.79 Å². The van der Waals surface area contributed by atoms with Crippen LogP contribution in [0.5, 0.6) is 0 Å². The highest BCUT2D eigenvalue weighted by atomic mass is 32.1. The minimum Gasteiger partial charge on any atom is -0.326 e. The predicted molar refractivity (Wildman–Crippen MR) is 89.0 cm³/mol. The lowest BCUT2D eigenvalue weighted by Crippen LogP contribution is -2.12. The number of anilines is 1. The number of aryl methyl sites for hydroxylation is 2. The van der Waals surface area contributed by atoms with Gasteiger partial charge < -0.3 is 5.32 Å². The van der Waals surface area contributed by atoms with E-state index in [2.05, 4.69) is 36.5 Å². The van der Waals surface area contributed by atoms with Gasteiger partial charge in [-0.3, -0.25) is 4.79 Å². The first-order chi connectivity index (χ1) is 10.1.